The first-order valence-corrected chi connectivity index (χ1v) is 7.33. The summed E-state index contributed by atoms with van der Waals surface area (Å²) in [6, 6.07) is 0. The second-order valence-electron chi connectivity index (χ2n) is 5.32. The summed E-state index contributed by atoms with van der Waals surface area (Å²) < 4.78 is 0.283. The van der Waals surface area contributed by atoms with Gasteiger partial charge in [0.1, 0.15) is 0 Å². The fourth-order valence-electron chi connectivity index (χ4n) is 2.04. The molecule has 1 saturated heterocycles. The van der Waals surface area contributed by atoms with Gasteiger partial charge in [0, 0.05) is 29.8 Å². The van der Waals surface area contributed by atoms with Gasteiger partial charge in [-0.05, 0) is 13.3 Å². The Morgan fingerprint density at radius 3 is 2.84 bits per heavy atom. The lowest BCUT2D eigenvalue weighted by molar-refractivity contribution is 0.0695. The molecule has 1 N–H and O–H groups in total. The topological polar surface area (TPSA) is 66.3 Å². The standard InChI is InChI=1S/C13H19N3O2S/c1-9-10(11(17)18)8-14-12(15-9)16-5-4-13(2,3)19-7-6-16/h8H,4-7H2,1-3H3,(H,17,18). The molecule has 1 aromatic rings. The van der Waals surface area contributed by atoms with Crippen molar-refractivity contribution in [1.82, 2.24) is 9.97 Å². The number of carboxylic acids is 1. The molecule has 1 fully saturated rings. The average molecular weight is 281 g/mol. The molecule has 1 aromatic heterocycles. The average Bonchev–Trinajstić information content (AvgIpc) is 2.49. The number of aromatic nitrogens is 2. The molecule has 0 aliphatic carbocycles. The van der Waals surface area contributed by atoms with Gasteiger partial charge in [0.2, 0.25) is 5.95 Å². The van der Waals surface area contributed by atoms with E-state index in [0.717, 1.165) is 25.3 Å². The highest BCUT2D eigenvalue weighted by molar-refractivity contribution is 8.00. The van der Waals surface area contributed by atoms with Crippen LogP contribution in [-0.4, -0.2) is 44.6 Å². The van der Waals surface area contributed by atoms with Crippen molar-refractivity contribution in [2.75, 3.05) is 23.7 Å². The summed E-state index contributed by atoms with van der Waals surface area (Å²) in [7, 11) is 0. The Labute approximate surface area is 117 Å². The first kappa shape index (κ1) is 14.1. The second kappa shape index (κ2) is 5.36. The zero-order chi connectivity index (χ0) is 14.0. The Balaban J connectivity index is 2.18. The predicted molar refractivity (Wildman–Crippen MR) is 77.1 cm³/mol. The van der Waals surface area contributed by atoms with E-state index in [1.54, 1.807) is 6.92 Å². The number of thioether (sulfide) groups is 1. The lowest BCUT2D eigenvalue weighted by Gasteiger charge is -2.22. The van der Waals surface area contributed by atoms with Crippen LogP contribution in [0.2, 0.25) is 0 Å². The van der Waals surface area contributed by atoms with E-state index < -0.39 is 5.97 Å². The van der Waals surface area contributed by atoms with Crippen LogP contribution in [-0.2, 0) is 0 Å². The molecule has 1 aliphatic heterocycles. The highest BCUT2D eigenvalue weighted by Gasteiger charge is 2.25. The number of aromatic carboxylic acids is 1. The van der Waals surface area contributed by atoms with Crippen molar-refractivity contribution in [2.45, 2.75) is 31.9 Å². The van der Waals surface area contributed by atoms with Crippen molar-refractivity contribution in [2.24, 2.45) is 0 Å². The van der Waals surface area contributed by atoms with E-state index in [1.165, 1.54) is 6.20 Å². The number of rotatable bonds is 2. The lowest BCUT2D eigenvalue weighted by Crippen LogP contribution is -2.29. The minimum Gasteiger partial charge on any atom is -0.478 e. The van der Waals surface area contributed by atoms with Gasteiger partial charge in [0.25, 0.3) is 0 Å². The van der Waals surface area contributed by atoms with Gasteiger partial charge >= 0.3 is 5.97 Å². The Kier molecular flexibility index (Phi) is 3.99. The maximum Gasteiger partial charge on any atom is 0.339 e. The molecule has 2 rings (SSSR count). The quantitative estimate of drug-likeness (QED) is 0.896. The van der Waals surface area contributed by atoms with E-state index in [2.05, 4.69) is 28.7 Å². The van der Waals surface area contributed by atoms with Gasteiger partial charge in [-0.3, -0.25) is 0 Å². The number of anilines is 1. The number of carbonyl (C=O) groups is 1. The van der Waals surface area contributed by atoms with Crippen LogP contribution in [0.5, 0.6) is 0 Å². The molecule has 0 atom stereocenters. The van der Waals surface area contributed by atoms with Crippen LogP contribution in [0, 0.1) is 6.92 Å². The molecule has 6 heteroatoms. The molecule has 0 saturated carbocycles. The lowest BCUT2D eigenvalue weighted by atomic mass is 10.1. The Hall–Kier alpha value is -1.30. The van der Waals surface area contributed by atoms with Crippen LogP contribution in [0.3, 0.4) is 0 Å². The summed E-state index contributed by atoms with van der Waals surface area (Å²) in [6.45, 7) is 8.03. The summed E-state index contributed by atoms with van der Waals surface area (Å²) in [4.78, 5) is 21.6. The minimum atomic E-state index is -0.975. The highest BCUT2D eigenvalue weighted by atomic mass is 32.2. The van der Waals surface area contributed by atoms with Crippen molar-refractivity contribution in [1.29, 1.82) is 0 Å². The SMILES string of the molecule is Cc1nc(N2CCSC(C)(C)CC2)ncc1C(=O)O. The molecule has 0 amide bonds. The summed E-state index contributed by atoms with van der Waals surface area (Å²) in [5, 5.41) is 8.98. The monoisotopic (exact) mass is 281 g/mol. The summed E-state index contributed by atoms with van der Waals surface area (Å²) in [6.07, 6.45) is 2.48. The van der Waals surface area contributed by atoms with Crippen LogP contribution in [0.25, 0.3) is 0 Å². The number of aryl methyl sites for hydroxylation is 1. The molecule has 104 valence electrons. The van der Waals surface area contributed by atoms with E-state index in [1.807, 2.05) is 11.8 Å². The Morgan fingerprint density at radius 1 is 1.47 bits per heavy atom. The number of nitrogens with zero attached hydrogens (tertiary/aromatic N) is 3. The molecule has 1 aliphatic rings. The largest absolute Gasteiger partial charge is 0.478 e. The van der Waals surface area contributed by atoms with Crippen molar-refractivity contribution in [3.63, 3.8) is 0 Å². The molecular formula is C13H19N3O2S. The molecule has 0 unspecified atom stereocenters. The molecular weight excluding hydrogens is 262 g/mol. The number of carboxylic acid groups (broad SMARTS) is 1. The van der Waals surface area contributed by atoms with Gasteiger partial charge in [-0.15, -0.1) is 0 Å². The summed E-state index contributed by atoms with van der Waals surface area (Å²) >= 11 is 1.96. The first-order valence-electron chi connectivity index (χ1n) is 6.35. The Morgan fingerprint density at radius 2 is 2.21 bits per heavy atom. The third kappa shape index (κ3) is 3.37. The van der Waals surface area contributed by atoms with Crippen molar-refractivity contribution < 1.29 is 9.90 Å². The summed E-state index contributed by atoms with van der Waals surface area (Å²) in [5.41, 5.74) is 0.696. The molecule has 5 nitrogen and oxygen atoms in total. The Bertz CT molecular complexity index is 491. The maximum atomic E-state index is 11.0. The molecule has 19 heavy (non-hydrogen) atoms. The van der Waals surface area contributed by atoms with Crippen LogP contribution < -0.4 is 4.90 Å². The van der Waals surface area contributed by atoms with E-state index in [-0.39, 0.29) is 10.3 Å². The van der Waals surface area contributed by atoms with Gasteiger partial charge in [-0.1, -0.05) is 13.8 Å². The van der Waals surface area contributed by atoms with Gasteiger partial charge < -0.3 is 10.0 Å². The zero-order valence-corrected chi connectivity index (χ0v) is 12.3. The van der Waals surface area contributed by atoms with E-state index >= 15 is 0 Å². The molecule has 2 heterocycles. The van der Waals surface area contributed by atoms with Crippen molar-refractivity contribution in [3.05, 3.63) is 17.5 Å². The van der Waals surface area contributed by atoms with Crippen molar-refractivity contribution in [3.8, 4) is 0 Å². The highest BCUT2D eigenvalue weighted by Crippen LogP contribution is 2.31. The molecule has 0 radical (unpaired) electrons. The molecule has 0 spiro atoms. The first-order chi connectivity index (χ1) is 8.89. The third-order valence-electron chi connectivity index (χ3n) is 3.32. The zero-order valence-electron chi connectivity index (χ0n) is 11.5. The van der Waals surface area contributed by atoms with E-state index in [9.17, 15) is 4.79 Å². The fraction of sp³-hybridized carbons (Fsp3) is 0.615. The van der Waals surface area contributed by atoms with Gasteiger partial charge in [-0.25, -0.2) is 14.8 Å². The molecule has 0 bridgehead atoms. The predicted octanol–water partition coefficient (Wildman–Crippen LogP) is 2.21. The van der Waals surface area contributed by atoms with Crippen LogP contribution >= 0.6 is 11.8 Å². The van der Waals surface area contributed by atoms with Crippen LogP contribution in [0.15, 0.2) is 6.20 Å². The normalized spacial score (nSPS) is 19.0. The van der Waals surface area contributed by atoms with Crippen LogP contribution in [0.1, 0.15) is 36.3 Å². The minimum absolute atomic E-state index is 0.174. The fourth-order valence-corrected chi connectivity index (χ4v) is 3.14. The van der Waals surface area contributed by atoms with Gasteiger partial charge in [0.15, 0.2) is 0 Å². The van der Waals surface area contributed by atoms with Gasteiger partial charge in [-0.2, -0.15) is 11.8 Å². The third-order valence-corrected chi connectivity index (χ3v) is 4.69. The number of hydrogen-bond donors (Lipinski definition) is 1. The maximum absolute atomic E-state index is 11.0. The van der Waals surface area contributed by atoms with Crippen LogP contribution in [0.4, 0.5) is 5.95 Å². The van der Waals surface area contributed by atoms with Crippen molar-refractivity contribution >= 4 is 23.7 Å². The summed E-state index contributed by atoms with van der Waals surface area (Å²) in [5.74, 6) is 0.702. The van der Waals surface area contributed by atoms with Gasteiger partial charge in [0.05, 0.1) is 11.3 Å². The smallest absolute Gasteiger partial charge is 0.339 e. The van der Waals surface area contributed by atoms with E-state index in [0.29, 0.717) is 11.6 Å². The second-order valence-corrected chi connectivity index (χ2v) is 7.12. The number of hydrogen-bond acceptors (Lipinski definition) is 5. The molecule has 0 aromatic carbocycles. The van der Waals surface area contributed by atoms with E-state index in [4.69, 9.17) is 5.11 Å².